The minimum Gasteiger partial charge on any atom is -0.458 e. The smallest absolute Gasteiger partial charge is 0.338 e. The Morgan fingerprint density at radius 3 is 2.66 bits per heavy atom. The SMILES string of the molecule is CCCC#CCC1([C@H](O)C=C[C@@H]2[C@H]3CC4(C[C@H]3C[C@H]2OC(=O)c2ccccc2)OCCO4)CCC1. The zero-order chi connectivity index (χ0) is 24.3. The van der Waals surface area contributed by atoms with Gasteiger partial charge in [0.1, 0.15) is 6.10 Å². The molecule has 0 amide bonds. The highest BCUT2D eigenvalue weighted by molar-refractivity contribution is 5.89. The van der Waals surface area contributed by atoms with Crippen LogP contribution in [0.25, 0.3) is 0 Å². The molecule has 4 aliphatic rings. The van der Waals surface area contributed by atoms with Gasteiger partial charge in [-0.25, -0.2) is 4.79 Å². The van der Waals surface area contributed by atoms with E-state index in [0.717, 1.165) is 57.8 Å². The van der Waals surface area contributed by atoms with Gasteiger partial charge in [0.2, 0.25) is 0 Å². The lowest BCUT2D eigenvalue weighted by Crippen LogP contribution is -2.40. The van der Waals surface area contributed by atoms with Crippen molar-refractivity contribution in [3.05, 3.63) is 48.0 Å². The molecule has 1 heterocycles. The number of ether oxygens (including phenoxy) is 3. The molecule has 0 unspecified atom stereocenters. The molecule has 5 atom stereocenters. The first-order valence-corrected chi connectivity index (χ1v) is 13.4. The number of fused-ring (bicyclic) bond motifs is 1. The monoisotopic (exact) mass is 478 g/mol. The Morgan fingerprint density at radius 2 is 1.97 bits per heavy atom. The van der Waals surface area contributed by atoms with Crippen molar-refractivity contribution in [2.45, 2.75) is 82.7 Å². The lowest BCUT2D eigenvalue weighted by molar-refractivity contribution is -0.157. The summed E-state index contributed by atoms with van der Waals surface area (Å²) < 4.78 is 18.1. The van der Waals surface area contributed by atoms with Gasteiger partial charge in [-0.05, 0) is 49.7 Å². The van der Waals surface area contributed by atoms with Crippen LogP contribution < -0.4 is 0 Å². The van der Waals surface area contributed by atoms with Gasteiger partial charge in [0.25, 0.3) is 0 Å². The van der Waals surface area contributed by atoms with Gasteiger partial charge < -0.3 is 19.3 Å². The Balaban J connectivity index is 1.32. The standard InChI is InChI=1S/C30H38O5/c1-2-3-4-8-14-29(15-9-16-29)27(31)13-12-24-25-21-30(33-17-18-34-30)20-23(25)19-26(24)35-28(32)22-10-6-5-7-11-22/h5-7,10-13,23-27,31H,2-3,9,14-21H2,1H3/t23-,24-,25+,26-,27-/m1/s1. The molecule has 1 saturated heterocycles. The summed E-state index contributed by atoms with van der Waals surface area (Å²) in [7, 11) is 0. The van der Waals surface area contributed by atoms with E-state index in [1.165, 1.54) is 0 Å². The van der Waals surface area contributed by atoms with Crippen LogP contribution in [0.15, 0.2) is 42.5 Å². The van der Waals surface area contributed by atoms with Crippen LogP contribution >= 0.6 is 0 Å². The van der Waals surface area contributed by atoms with Gasteiger partial charge in [0.05, 0.1) is 24.9 Å². The summed E-state index contributed by atoms with van der Waals surface area (Å²) in [5.74, 6) is 6.54. The molecule has 0 aromatic heterocycles. The van der Waals surface area contributed by atoms with Crippen LogP contribution in [0.4, 0.5) is 0 Å². The fraction of sp³-hybridized carbons (Fsp3) is 0.633. The Morgan fingerprint density at radius 1 is 1.20 bits per heavy atom. The lowest BCUT2D eigenvalue weighted by atomic mass is 9.63. The second-order valence-electron chi connectivity index (χ2n) is 10.9. The first kappa shape index (κ1) is 24.6. The molecule has 1 N–H and O–H groups in total. The van der Waals surface area contributed by atoms with Gasteiger partial charge in [0, 0.05) is 37.0 Å². The van der Waals surface area contributed by atoms with E-state index in [-0.39, 0.29) is 23.4 Å². The molecule has 1 aromatic rings. The van der Waals surface area contributed by atoms with Crippen LogP contribution in [0.5, 0.6) is 0 Å². The quantitative estimate of drug-likeness (QED) is 0.328. The summed E-state index contributed by atoms with van der Waals surface area (Å²) in [6.07, 6.45) is 11.7. The molecule has 1 spiro atoms. The number of hydrogen-bond acceptors (Lipinski definition) is 5. The number of rotatable bonds is 7. The van der Waals surface area contributed by atoms with E-state index >= 15 is 0 Å². The highest BCUT2D eigenvalue weighted by Crippen LogP contribution is 2.56. The van der Waals surface area contributed by atoms with Crippen LogP contribution in [-0.4, -0.2) is 42.3 Å². The molecule has 3 saturated carbocycles. The van der Waals surface area contributed by atoms with Crippen molar-refractivity contribution in [3.63, 3.8) is 0 Å². The fourth-order valence-electron chi connectivity index (χ4n) is 6.60. The van der Waals surface area contributed by atoms with Crippen LogP contribution in [0, 0.1) is 35.0 Å². The molecule has 3 aliphatic carbocycles. The van der Waals surface area contributed by atoms with Gasteiger partial charge in [-0.2, -0.15) is 0 Å². The maximum atomic E-state index is 12.9. The Bertz CT molecular complexity index is 963. The number of esters is 1. The summed E-state index contributed by atoms with van der Waals surface area (Å²) in [6, 6.07) is 9.19. The molecule has 4 fully saturated rings. The molecule has 1 aromatic carbocycles. The lowest BCUT2D eigenvalue weighted by Gasteiger charge is -2.43. The predicted molar refractivity (Wildman–Crippen MR) is 133 cm³/mol. The Labute approximate surface area is 209 Å². The number of carbonyl (C=O) groups excluding carboxylic acids is 1. The Kier molecular flexibility index (Phi) is 7.34. The highest BCUT2D eigenvalue weighted by Gasteiger charge is 2.57. The van der Waals surface area contributed by atoms with E-state index in [9.17, 15) is 9.90 Å². The molecule has 5 nitrogen and oxygen atoms in total. The number of aliphatic hydroxyl groups is 1. The number of hydrogen-bond donors (Lipinski definition) is 1. The normalized spacial score (nSPS) is 31.0. The van der Waals surface area contributed by atoms with Crippen molar-refractivity contribution in [1.82, 2.24) is 0 Å². The summed E-state index contributed by atoms with van der Waals surface area (Å²) >= 11 is 0. The molecule has 0 radical (unpaired) electrons. The zero-order valence-electron chi connectivity index (χ0n) is 20.8. The third-order valence-corrected chi connectivity index (χ3v) is 8.70. The number of unbranched alkanes of at least 4 members (excludes halogenated alkanes) is 1. The zero-order valence-corrected chi connectivity index (χ0v) is 20.8. The maximum Gasteiger partial charge on any atom is 0.338 e. The molecule has 5 heteroatoms. The van der Waals surface area contributed by atoms with Crippen LogP contribution in [-0.2, 0) is 14.2 Å². The van der Waals surface area contributed by atoms with E-state index < -0.39 is 11.9 Å². The fourth-order valence-corrected chi connectivity index (χ4v) is 6.60. The van der Waals surface area contributed by atoms with Gasteiger partial charge in [-0.3, -0.25) is 0 Å². The average Bonchev–Trinajstić information content (AvgIpc) is 3.52. The first-order chi connectivity index (χ1) is 17.0. The van der Waals surface area contributed by atoms with E-state index in [2.05, 4.69) is 24.8 Å². The maximum absolute atomic E-state index is 12.9. The molecule has 35 heavy (non-hydrogen) atoms. The predicted octanol–water partition coefficient (Wildman–Crippen LogP) is 5.28. The first-order valence-electron chi connectivity index (χ1n) is 13.4. The Hall–Kier alpha value is -2.13. The van der Waals surface area contributed by atoms with Crippen molar-refractivity contribution in [2.24, 2.45) is 23.2 Å². The number of benzene rings is 1. The second-order valence-corrected chi connectivity index (χ2v) is 10.9. The number of carbonyl (C=O) groups is 1. The van der Waals surface area contributed by atoms with Crippen molar-refractivity contribution >= 4 is 5.97 Å². The topological polar surface area (TPSA) is 65.0 Å². The highest BCUT2D eigenvalue weighted by atomic mass is 16.7. The van der Waals surface area contributed by atoms with Gasteiger partial charge in [0.15, 0.2) is 5.79 Å². The molecule has 1 aliphatic heterocycles. The van der Waals surface area contributed by atoms with E-state index in [1.54, 1.807) is 12.1 Å². The third kappa shape index (κ3) is 5.07. The summed E-state index contributed by atoms with van der Waals surface area (Å²) in [5.41, 5.74) is 0.436. The molecule has 5 rings (SSSR count). The van der Waals surface area contributed by atoms with Crippen LogP contribution in [0.1, 0.15) is 75.1 Å². The van der Waals surface area contributed by atoms with E-state index in [0.29, 0.717) is 30.6 Å². The molecular weight excluding hydrogens is 440 g/mol. The minimum atomic E-state index is -0.536. The van der Waals surface area contributed by atoms with Crippen LogP contribution in [0.3, 0.4) is 0 Å². The second kappa shape index (κ2) is 10.5. The van der Waals surface area contributed by atoms with Crippen molar-refractivity contribution in [3.8, 4) is 11.8 Å². The summed E-state index contributed by atoms with van der Waals surface area (Å²) in [6.45, 7) is 3.43. The van der Waals surface area contributed by atoms with Gasteiger partial charge >= 0.3 is 5.97 Å². The van der Waals surface area contributed by atoms with Crippen LogP contribution in [0.2, 0.25) is 0 Å². The molecular formula is C30H38O5. The molecule has 0 bridgehead atoms. The third-order valence-electron chi connectivity index (χ3n) is 8.70. The average molecular weight is 479 g/mol. The van der Waals surface area contributed by atoms with Gasteiger partial charge in [-0.1, -0.05) is 43.7 Å². The summed E-state index contributed by atoms with van der Waals surface area (Å²) in [4.78, 5) is 12.9. The van der Waals surface area contributed by atoms with Crippen molar-refractivity contribution in [2.75, 3.05) is 13.2 Å². The van der Waals surface area contributed by atoms with Crippen molar-refractivity contribution < 1.29 is 24.1 Å². The van der Waals surface area contributed by atoms with E-state index in [1.807, 2.05) is 24.3 Å². The number of aliphatic hydroxyl groups excluding tert-OH is 1. The van der Waals surface area contributed by atoms with E-state index in [4.69, 9.17) is 14.2 Å². The summed E-state index contributed by atoms with van der Waals surface area (Å²) in [5, 5.41) is 11.2. The van der Waals surface area contributed by atoms with Crippen molar-refractivity contribution in [1.29, 1.82) is 0 Å². The minimum absolute atomic E-state index is 0.0396. The molecule has 188 valence electrons. The van der Waals surface area contributed by atoms with Gasteiger partial charge in [-0.15, -0.1) is 11.8 Å². The largest absolute Gasteiger partial charge is 0.458 e.